The molecule has 4 amide bonds. The summed E-state index contributed by atoms with van der Waals surface area (Å²) in [5, 5.41) is 7.97. The van der Waals surface area contributed by atoms with Crippen molar-refractivity contribution in [1.29, 1.82) is 0 Å². The SMILES string of the molecule is C=CCNC(=O)C(=O)C(CC=C)NC(=O)C1C2C(CN1C(=O)C(NC(=O)OC(C)(C)C)C1CCCC1)C2(C)C. The molecule has 0 aromatic carbocycles. The van der Waals surface area contributed by atoms with Crippen molar-refractivity contribution in [2.24, 2.45) is 23.2 Å². The Morgan fingerprint density at radius 3 is 2.26 bits per heavy atom. The minimum absolute atomic E-state index is 0.0534. The number of Topliss-reactive ketones (excluding diaryl/α,β-unsaturated/α-hetero) is 1. The molecule has 0 spiro atoms. The molecule has 5 atom stereocenters. The molecule has 0 radical (unpaired) electrons. The Bertz CT molecular complexity index is 1010. The van der Waals surface area contributed by atoms with Gasteiger partial charge < -0.3 is 25.6 Å². The Morgan fingerprint density at radius 2 is 1.69 bits per heavy atom. The fourth-order valence-electron chi connectivity index (χ4n) is 6.16. The van der Waals surface area contributed by atoms with E-state index < -0.39 is 47.4 Å². The van der Waals surface area contributed by atoms with Crippen LogP contribution in [0, 0.1) is 23.2 Å². The summed E-state index contributed by atoms with van der Waals surface area (Å²) in [6, 6.07) is -2.74. The second kappa shape index (κ2) is 11.9. The first-order valence-corrected chi connectivity index (χ1v) is 13.9. The molecule has 0 aromatic rings. The number of nitrogens with one attached hydrogen (secondary N) is 3. The highest BCUT2D eigenvalue weighted by Crippen LogP contribution is 2.65. The van der Waals surface area contributed by atoms with Crippen molar-refractivity contribution in [2.75, 3.05) is 13.1 Å². The number of ether oxygens (including phenoxy) is 1. The van der Waals surface area contributed by atoms with Crippen LogP contribution in [0.1, 0.15) is 66.7 Å². The number of likely N-dealkylation sites (tertiary alicyclic amines) is 1. The van der Waals surface area contributed by atoms with E-state index in [0.29, 0.717) is 6.54 Å². The molecule has 39 heavy (non-hydrogen) atoms. The van der Waals surface area contributed by atoms with E-state index in [1.54, 1.807) is 25.7 Å². The van der Waals surface area contributed by atoms with Gasteiger partial charge in [-0.15, -0.1) is 13.2 Å². The smallest absolute Gasteiger partial charge is 0.408 e. The molecule has 10 nitrogen and oxygen atoms in total. The minimum atomic E-state index is -1.11. The number of hydrogen-bond donors (Lipinski definition) is 3. The molecule has 10 heteroatoms. The van der Waals surface area contributed by atoms with E-state index >= 15 is 0 Å². The summed E-state index contributed by atoms with van der Waals surface area (Å²) < 4.78 is 5.44. The maximum Gasteiger partial charge on any atom is 0.408 e. The highest BCUT2D eigenvalue weighted by atomic mass is 16.6. The topological polar surface area (TPSA) is 134 Å². The van der Waals surface area contributed by atoms with Crippen LogP contribution in [0.3, 0.4) is 0 Å². The molecule has 3 aliphatic rings. The Balaban J connectivity index is 1.82. The molecule has 1 heterocycles. The largest absolute Gasteiger partial charge is 0.444 e. The first-order valence-electron chi connectivity index (χ1n) is 13.9. The van der Waals surface area contributed by atoms with Gasteiger partial charge in [0.2, 0.25) is 17.6 Å². The van der Waals surface area contributed by atoms with Gasteiger partial charge in [-0.1, -0.05) is 38.8 Å². The van der Waals surface area contributed by atoms with E-state index in [0.717, 1.165) is 25.7 Å². The van der Waals surface area contributed by atoms with Crippen molar-refractivity contribution in [3.05, 3.63) is 25.3 Å². The lowest BCUT2D eigenvalue weighted by molar-refractivity contribution is -0.144. The number of fused-ring (bicyclic) bond motifs is 1. The summed E-state index contributed by atoms with van der Waals surface area (Å²) in [7, 11) is 0. The number of carbonyl (C=O) groups is 5. The molecular weight excluding hydrogens is 500 g/mol. The lowest BCUT2D eigenvalue weighted by Gasteiger charge is -2.35. The van der Waals surface area contributed by atoms with Crippen molar-refractivity contribution < 1.29 is 28.7 Å². The zero-order valence-electron chi connectivity index (χ0n) is 23.9. The van der Waals surface area contributed by atoms with Crippen molar-refractivity contribution in [1.82, 2.24) is 20.9 Å². The van der Waals surface area contributed by atoms with E-state index in [4.69, 9.17) is 4.74 Å². The Morgan fingerprint density at radius 1 is 1.05 bits per heavy atom. The maximum absolute atomic E-state index is 14.0. The summed E-state index contributed by atoms with van der Waals surface area (Å²) >= 11 is 0. The van der Waals surface area contributed by atoms with Crippen LogP contribution < -0.4 is 16.0 Å². The Hall–Kier alpha value is -3.17. The quantitative estimate of drug-likeness (QED) is 0.270. The highest BCUT2D eigenvalue weighted by Gasteiger charge is 2.69. The summed E-state index contributed by atoms with van der Waals surface area (Å²) in [5.74, 6) is -2.44. The first kappa shape index (κ1) is 30.4. The molecule has 2 aliphatic carbocycles. The normalized spacial score (nSPS) is 25.1. The Labute approximate surface area is 231 Å². The number of amides is 4. The second-order valence-corrected chi connectivity index (χ2v) is 12.5. The van der Waals surface area contributed by atoms with Crippen LogP contribution in [0.2, 0.25) is 0 Å². The molecule has 2 saturated carbocycles. The molecule has 0 aromatic heterocycles. The lowest BCUT2D eigenvalue weighted by Crippen LogP contribution is -2.59. The molecule has 3 rings (SSSR count). The van der Waals surface area contributed by atoms with Gasteiger partial charge >= 0.3 is 6.09 Å². The monoisotopic (exact) mass is 544 g/mol. The van der Waals surface area contributed by atoms with Crippen LogP contribution in [0.4, 0.5) is 4.79 Å². The van der Waals surface area contributed by atoms with Gasteiger partial charge in [0.15, 0.2) is 0 Å². The van der Waals surface area contributed by atoms with Crippen molar-refractivity contribution in [3.8, 4) is 0 Å². The summed E-state index contributed by atoms with van der Waals surface area (Å²) in [6.07, 6.45) is 5.84. The molecule has 1 saturated heterocycles. The molecule has 0 bridgehead atoms. The average molecular weight is 545 g/mol. The van der Waals surface area contributed by atoms with Crippen LogP contribution in [-0.2, 0) is 23.9 Å². The number of carbonyl (C=O) groups excluding carboxylic acids is 5. The van der Waals surface area contributed by atoms with Crippen LogP contribution in [0.15, 0.2) is 25.3 Å². The number of rotatable bonds is 11. The number of hydrogen-bond acceptors (Lipinski definition) is 6. The van der Waals surface area contributed by atoms with Gasteiger partial charge in [-0.3, -0.25) is 19.2 Å². The van der Waals surface area contributed by atoms with Crippen LogP contribution >= 0.6 is 0 Å². The predicted molar refractivity (Wildman–Crippen MR) is 146 cm³/mol. The van der Waals surface area contributed by atoms with Crippen molar-refractivity contribution >= 4 is 29.6 Å². The summed E-state index contributed by atoms with van der Waals surface area (Å²) in [4.78, 5) is 67.1. The van der Waals surface area contributed by atoms with E-state index in [1.807, 2.05) is 0 Å². The van der Waals surface area contributed by atoms with Crippen LogP contribution in [0.25, 0.3) is 0 Å². The number of alkyl carbamates (subject to hydrolysis) is 1. The lowest BCUT2D eigenvalue weighted by atomic mass is 9.94. The average Bonchev–Trinajstić information content (AvgIpc) is 3.30. The number of piperidine rings is 1. The fourth-order valence-corrected chi connectivity index (χ4v) is 6.16. The fraction of sp³-hybridized carbons (Fsp3) is 0.690. The molecule has 3 fully saturated rings. The highest BCUT2D eigenvalue weighted by molar-refractivity contribution is 6.38. The van der Waals surface area contributed by atoms with Gasteiger partial charge in [0.1, 0.15) is 23.7 Å². The van der Waals surface area contributed by atoms with Gasteiger partial charge in [0.25, 0.3) is 5.91 Å². The van der Waals surface area contributed by atoms with Crippen LogP contribution in [-0.4, -0.2) is 71.3 Å². The van der Waals surface area contributed by atoms with Gasteiger partial charge in [-0.05, 0) is 63.2 Å². The van der Waals surface area contributed by atoms with E-state index in [-0.39, 0.29) is 42.0 Å². The van der Waals surface area contributed by atoms with Gasteiger partial charge in [-0.25, -0.2) is 4.79 Å². The minimum Gasteiger partial charge on any atom is -0.444 e. The second-order valence-electron chi connectivity index (χ2n) is 12.5. The van der Waals surface area contributed by atoms with Crippen LogP contribution in [0.5, 0.6) is 0 Å². The standard InChI is InChI=1S/C29H44N4O6/c1-8-12-19(23(34)25(36)30-15-9-2)31-24(35)22-20-18(29(20,6)7)16-33(22)26(37)21(17-13-10-11-14-17)32-27(38)39-28(3,4)5/h8-9,17-22H,1-2,10-16H2,3-7H3,(H,30,36)(H,31,35)(H,32,38). The number of ketones is 1. The molecule has 3 N–H and O–H groups in total. The predicted octanol–water partition coefficient (Wildman–Crippen LogP) is 2.49. The molecule has 5 unspecified atom stereocenters. The number of nitrogens with zero attached hydrogens (tertiary/aromatic N) is 1. The van der Waals surface area contributed by atoms with E-state index in [2.05, 4.69) is 43.0 Å². The van der Waals surface area contributed by atoms with Gasteiger partial charge in [0, 0.05) is 13.1 Å². The molecular formula is C29H44N4O6. The van der Waals surface area contributed by atoms with Gasteiger partial charge in [0.05, 0.1) is 0 Å². The van der Waals surface area contributed by atoms with Crippen molar-refractivity contribution in [3.63, 3.8) is 0 Å². The van der Waals surface area contributed by atoms with E-state index in [9.17, 15) is 24.0 Å². The summed E-state index contributed by atoms with van der Waals surface area (Å²) in [5.41, 5.74) is -0.876. The van der Waals surface area contributed by atoms with Gasteiger partial charge in [-0.2, -0.15) is 0 Å². The van der Waals surface area contributed by atoms with Crippen molar-refractivity contribution in [2.45, 2.75) is 90.4 Å². The Kier molecular flexibility index (Phi) is 9.28. The third-order valence-corrected chi connectivity index (χ3v) is 8.24. The zero-order valence-corrected chi connectivity index (χ0v) is 23.9. The van der Waals surface area contributed by atoms with E-state index in [1.165, 1.54) is 12.2 Å². The first-order chi connectivity index (χ1) is 18.2. The maximum atomic E-state index is 14.0. The third kappa shape index (κ3) is 6.89. The third-order valence-electron chi connectivity index (χ3n) is 8.24. The molecule has 216 valence electrons. The zero-order chi connectivity index (χ0) is 29.1. The molecule has 1 aliphatic heterocycles. The summed E-state index contributed by atoms with van der Waals surface area (Å²) in [6.45, 7) is 17.1.